The number of likely N-dealkylation sites (N-methyl/N-ethyl adjacent to an activating group) is 1. The maximum atomic E-state index is 12.8. The number of benzene rings is 1. The van der Waals surface area contributed by atoms with Crippen LogP contribution < -0.4 is 9.47 Å². The minimum atomic E-state index is -0.358. The molecule has 0 spiro atoms. The van der Waals surface area contributed by atoms with E-state index in [1.807, 2.05) is 20.8 Å². The Kier molecular flexibility index (Phi) is 11.3. The van der Waals surface area contributed by atoms with E-state index < -0.39 is 0 Å². The quantitative estimate of drug-likeness (QED) is 0.209. The number of thioether (sulfide) groups is 1. The minimum absolute atomic E-state index is 0.0807. The summed E-state index contributed by atoms with van der Waals surface area (Å²) < 4.78 is 17.2. The molecule has 0 aromatic heterocycles. The number of carbonyl (C=O) groups is 3. The van der Waals surface area contributed by atoms with E-state index in [0.717, 1.165) is 6.42 Å². The number of thiocarbonyl (C=S) groups is 1. The lowest BCUT2D eigenvalue weighted by atomic mass is 10.2. The summed E-state index contributed by atoms with van der Waals surface area (Å²) in [6.45, 7) is 7.36. The van der Waals surface area contributed by atoms with Crippen molar-refractivity contribution in [3.8, 4) is 11.5 Å². The maximum absolute atomic E-state index is 12.8. The zero-order chi connectivity index (χ0) is 25.3. The van der Waals surface area contributed by atoms with Crippen LogP contribution in [0.25, 0.3) is 6.08 Å². The highest BCUT2D eigenvalue weighted by Crippen LogP contribution is 2.39. The van der Waals surface area contributed by atoms with Gasteiger partial charge in [-0.05, 0) is 60.0 Å². The second-order valence-electron chi connectivity index (χ2n) is 7.19. The number of halogens is 1. The first-order valence-electron chi connectivity index (χ1n) is 10.9. The second-order valence-corrected chi connectivity index (χ2v) is 9.72. The predicted octanol–water partition coefficient (Wildman–Crippen LogP) is 4.25. The Bertz CT molecular complexity index is 965. The van der Waals surface area contributed by atoms with Crippen LogP contribution in [0.4, 0.5) is 0 Å². The molecule has 1 heterocycles. The van der Waals surface area contributed by atoms with Crippen LogP contribution in [0, 0.1) is 0 Å². The molecular formula is C23H29BrN2O6S2. The van der Waals surface area contributed by atoms with Gasteiger partial charge in [-0.3, -0.25) is 19.3 Å². The van der Waals surface area contributed by atoms with Gasteiger partial charge in [0.1, 0.15) is 4.32 Å². The third-order valence-corrected chi connectivity index (χ3v) is 6.85. The molecule has 1 fully saturated rings. The van der Waals surface area contributed by atoms with Gasteiger partial charge >= 0.3 is 5.97 Å². The van der Waals surface area contributed by atoms with Gasteiger partial charge in [-0.15, -0.1) is 0 Å². The normalized spacial score (nSPS) is 14.5. The van der Waals surface area contributed by atoms with E-state index in [1.54, 1.807) is 23.1 Å². The maximum Gasteiger partial charge on any atom is 0.307 e. The molecule has 11 heteroatoms. The monoisotopic (exact) mass is 572 g/mol. The Morgan fingerprint density at radius 3 is 2.56 bits per heavy atom. The van der Waals surface area contributed by atoms with E-state index >= 15 is 0 Å². The van der Waals surface area contributed by atoms with E-state index in [9.17, 15) is 14.4 Å². The average Bonchev–Trinajstić information content (AvgIpc) is 3.07. The topological polar surface area (TPSA) is 85.4 Å². The first kappa shape index (κ1) is 28.1. The van der Waals surface area contributed by atoms with Crippen LogP contribution in [-0.2, 0) is 19.1 Å². The molecule has 2 amide bonds. The summed E-state index contributed by atoms with van der Waals surface area (Å²) in [6.07, 6.45) is 2.52. The molecule has 0 unspecified atom stereocenters. The highest BCUT2D eigenvalue weighted by atomic mass is 79.9. The molecule has 2 rings (SSSR count). The van der Waals surface area contributed by atoms with Crippen LogP contribution in [-0.4, -0.2) is 71.9 Å². The number of methoxy groups -OCH3 is 1. The summed E-state index contributed by atoms with van der Waals surface area (Å²) >= 11 is 9.97. The molecule has 1 aliphatic heterocycles. The van der Waals surface area contributed by atoms with Crippen LogP contribution in [0.3, 0.4) is 0 Å². The van der Waals surface area contributed by atoms with E-state index in [0.29, 0.717) is 50.5 Å². The molecule has 0 saturated carbocycles. The summed E-state index contributed by atoms with van der Waals surface area (Å²) in [4.78, 5) is 40.4. The van der Waals surface area contributed by atoms with Crippen molar-refractivity contribution in [3.05, 3.63) is 27.1 Å². The molecule has 1 saturated heterocycles. The fourth-order valence-corrected chi connectivity index (χ4v) is 4.98. The molecule has 1 aliphatic rings. The van der Waals surface area contributed by atoms with Crippen molar-refractivity contribution < 1.29 is 28.6 Å². The number of hydrogen-bond donors (Lipinski definition) is 0. The highest BCUT2D eigenvalue weighted by Gasteiger charge is 2.32. The van der Waals surface area contributed by atoms with E-state index in [1.165, 1.54) is 23.8 Å². The van der Waals surface area contributed by atoms with E-state index in [-0.39, 0.29) is 37.4 Å². The van der Waals surface area contributed by atoms with Crippen LogP contribution in [0.2, 0.25) is 0 Å². The van der Waals surface area contributed by atoms with Crippen molar-refractivity contribution >= 4 is 68.1 Å². The number of ether oxygens (including phenoxy) is 3. The van der Waals surface area contributed by atoms with E-state index in [4.69, 9.17) is 26.4 Å². The summed E-state index contributed by atoms with van der Waals surface area (Å²) in [5, 5.41) is 0. The standard InChI is InChI=1S/C23H29BrN2O6S2/c1-5-10-31-20(28)8-9-26-22(29)18(34-23(26)33)13-15-11-16(24)21(17(12-15)30-4)32-14-19(27)25(6-2)7-3/h11-13H,5-10,14H2,1-4H3/b18-13+. The minimum Gasteiger partial charge on any atom is -0.493 e. The first-order chi connectivity index (χ1) is 16.2. The van der Waals surface area contributed by atoms with Gasteiger partial charge in [0.2, 0.25) is 0 Å². The molecule has 186 valence electrons. The Morgan fingerprint density at radius 1 is 1.24 bits per heavy atom. The zero-order valence-electron chi connectivity index (χ0n) is 19.7. The molecule has 1 aromatic carbocycles. The SMILES string of the molecule is CCCOC(=O)CCN1C(=O)/C(=C\c2cc(Br)c(OCC(=O)N(CC)CC)c(OC)c2)SC1=S. The van der Waals surface area contributed by atoms with Crippen molar-refractivity contribution in [1.82, 2.24) is 9.80 Å². The van der Waals surface area contributed by atoms with Gasteiger partial charge in [0.15, 0.2) is 18.1 Å². The van der Waals surface area contributed by atoms with Gasteiger partial charge in [0, 0.05) is 19.6 Å². The van der Waals surface area contributed by atoms with Gasteiger partial charge in [-0.25, -0.2) is 0 Å². The lowest BCUT2D eigenvalue weighted by Crippen LogP contribution is -2.34. The summed E-state index contributed by atoms with van der Waals surface area (Å²) in [5.41, 5.74) is 0.689. The molecule has 0 bridgehead atoms. The lowest BCUT2D eigenvalue weighted by Gasteiger charge is -2.20. The van der Waals surface area contributed by atoms with Crippen molar-refractivity contribution in [3.63, 3.8) is 0 Å². The number of carbonyl (C=O) groups excluding carboxylic acids is 3. The molecule has 0 atom stereocenters. The Balaban J connectivity index is 2.14. The van der Waals surface area contributed by atoms with Crippen LogP contribution >= 0.6 is 39.9 Å². The van der Waals surface area contributed by atoms with Gasteiger partial charge in [0.05, 0.1) is 29.5 Å². The highest BCUT2D eigenvalue weighted by molar-refractivity contribution is 9.10. The Labute approximate surface area is 218 Å². The predicted molar refractivity (Wildman–Crippen MR) is 140 cm³/mol. The number of hydrogen-bond acceptors (Lipinski definition) is 8. The third-order valence-electron chi connectivity index (χ3n) is 4.89. The number of esters is 1. The smallest absolute Gasteiger partial charge is 0.307 e. The Hall–Kier alpha value is -2.11. The van der Waals surface area contributed by atoms with Gasteiger partial charge in [-0.2, -0.15) is 0 Å². The fourth-order valence-electron chi connectivity index (χ4n) is 3.10. The molecule has 0 aliphatic carbocycles. The Morgan fingerprint density at radius 2 is 1.94 bits per heavy atom. The molecule has 0 N–H and O–H groups in total. The van der Waals surface area contributed by atoms with Crippen LogP contribution in [0.5, 0.6) is 11.5 Å². The van der Waals surface area contributed by atoms with Crippen molar-refractivity contribution in [2.45, 2.75) is 33.6 Å². The van der Waals surface area contributed by atoms with Gasteiger partial charge in [-0.1, -0.05) is 30.9 Å². The second kappa shape index (κ2) is 13.7. The number of amides is 2. The lowest BCUT2D eigenvalue weighted by molar-refractivity contribution is -0.144. The largest absolute Gasteiger partial charge is 0.493 e. The van der Waals surface area contributed by atoms with Crippen molar-refractivity contribution in [2.24, 2.45) is 0 Å². The molecule has 0 radical (unpaired) electrons. The van der Waals surface area contributed by atoms with Gasteiger partial charge < -0.3 is 19.1 Å². The number of nitrogens with zero attached hydrogens (tertiary/aromatic N) is 2. The molecule has 1 aromatic rings. The summed E-state index contributed by atoms with van der Waals surface area (Å²) in [6, 6.07) is 3.49. The van der Waals surface area contributed by atoms with Crippen molar-refractivity contribution in [2.75, 3.05) is 40.0 Å². The third kappa shape index (κ3) is 7.44. The average molecular weight is 574 g/mol. The zero-order valence-corrected chi connectivity index (χ0v) is 22.9. The van der Waals surface area contributed by atoms with Crippen molar-refractivity contribution in [1.29, 1.82) is 0 Å². The fraction of sp³-hybridized carbons (Fsp3) is 0.478. The first-order valence-corrected chi connectivity index (χ1v) is 13.0. The van der Waals surface area contributed by atoms with Crippen LogP contribution in [0.1, 0.15) is 39.2 Å². The van der Waals surface area contributed by atoms with E-state index in [2.05, 4.69) is 15.9 Å². The number of rotatable bonds is 12. The summed E-state index contributed by atoms with van der Waals surface area (Å²) in [5.74, 6) is 0.0767. The summed E-state index contributed by atoms with van der Waals surface area (Å²) in [7, 11) is 1.50. The van der Waals surface area contributed by atoms with Crippen LogP contribution in [0.15, 0.2) is 21.5 Å². The molecule has 34 heavy (non-hydrogen) atoms. The molecular weight excluding hydrogens is 544 g/mol. The molecule has 8 nitrogen and oxygen atoms in total. The van der Waals surface area contributed by atoms with Gasteiger partial charge in [0.25, 0.3) is 11.8 Å².